The third-order valence-corrected chi connectivity index (χ3v) is 5.05. The minimum atomic E-state index is -1.14. The Bertz CT molecular complexity index is 980. The molecule has 2 aliphatic heterocycles. The molecule has 0 aromatic heterocycles. The number of rotatable bonds is 1. The molecule has 26 heavy (non-hydrogen) atoms. The first-order chi connectivity index (χ1) is 12.4. The first kappa shape index (κ1) is 16.1. The van der Waals surface area contributed by atoms with Crippen molar-refractivity contribution in [1.82, 2.24) is 5.32 Å². The van der Waals surface area contributed by atoms with E-state index >= 15 is 0 Å². The number of carbonyl (C=O) groups is 1. The predicted octanol–water partition coefficient (Wildman–Crippen LogP) is -2.02. The number of nitrogens with two attached hydrogens (primary N) is 1. The van der Waals surface area contributed by atoms with Crippen LogP contribution in [0.3, 0.4) is 0 Å². The third kappa shape index (κ3) is 2.24. The van der Waals surface area contributed by atoms with Gasteiger partial charge in [0.1, 0.15) is 5.69 Å². The zero-order chi connectivity index (χ0) is 18.5. The van der Waals surface area contributed by atoms with Crippen LogP contribution in [0.2, 0.25) is 0 Å². The molecule has 1 atom stereocenters. The number of fused-ring (bicyclic) bond motifs is 2. The molecule has 0 fully saturated rings. The van der Waals surface area contributed by atoms with Crippen molar-refractivity contribution in [2.24, 2.45) is 5.73 Å². The van der Waals surface area contributed by atoms with Crippen molar-refractivity contribution in [2.75, 3.05) is 17.3 Å². The molecule has 0 saturated heterocycles. The topological polar surface area (TPSA) is 98.3 Å². The van der Waals surface area contributed by atoms with Gasteiger partial charge in [0.25, 0.3) is 0 Å². The van der Waals surface area contributed by atoms with Crippen LogP contribution in [-0.4, -0.2) is 24.9 Å². The molecule has 0 radical (unpaired) electrons. The summed E-state index contributed by atoms with van der Waals surface area (Å²) in [6.07, 6.45) is 0. The largest absolute Gasteiger partial charge is 0.361 e. The van der Waals surface area contributed by atoms with E-state index in [0.29, 0.717) is 11.9 Å². The molecular weight excluding hydrogens is 328 g/mol. The maximum absolute atomic E-state index is 13.1. The molecule has 2 heterocycles. The molecule has 1 amide bonds. The lowest BCUT2D eigenvalue weighted by atomic mass is 10.0. The minimum Gasteiger partial charge on any atom is -0.308 e. The first-order valence-electron chi connectivity index (χ1n) is 8.46. The summed E-state index contributed by atoms with van der Waals surface area (Å²) in [6, 6.07) is 13.7. The van der Waals surface area contributed by atoms with Crippen molar-refractivity contribution in [3.05, 3.63) is 59.2 Å². The van der Waals surface area contributed by atoms with E-state index in [9.17, 15) is 4.79 Å². The molecule has 2 aromatic carbocycles. The minimum absolute atomic E-state index is 0.122. The molecule has 1 spiro atoms. The Morgan fingerprint density at radius 2 is 1.88 bits per heavy atom. The van der Waals surface area contributed by atoms with Gasteiger partial charge in [-0.3, -0.25) is 10.5 Å². The van der Waals surface area contributed by atoms with E-state index in [2.05, 4.69) is 33.6 Å². The van der Waals surface area contributed by atoms with Crippen LogP contribution in [0.15, 0.2) is 42.5 Å². The Hall–Kier alpha value is -3.35. The van der Waals surface area contributed by atoms with Gasteiger partial charge in [0.15, 0.2) is 0 Å². The highest BCUT2D eigenvalue weighted by Crippen LogP contribution is 2.32. The van der Waals surface area contributed by atoms with Gasteiger partial charge in [-0.15, -0.1) is 0 Å². The Morgan fingerprint density at radius 1 is 1.12 bits per heavy atom. The van der Waals surface area contributed by atoms with Gasteiger partial charge in [-0.2, -0.15) is 5.32 Å². The number of nitrogens with zero attached hydrogens (tertiary/aromatic N) is 1. The molecule has 0 saturated carbocycles. The van der Waals surface area contributed by atoms with E-state index in [4.69, 9.17) is 5.73 Å². The van der Waals surface area contributed by atoms with Crippen LogP contribution >= 0.6 is 0 Å². The number of hydrogen-bond donors (Lipinski definition) is 5. The van der Waals surface area contributed by atoms with E-state index in [0.717, 1.165) is 22.5 Å². The highest BCUT2D eigenvalue weighted by atomic mass is 16.2. The second-order valence-electron chi connectivity index (χ2n) is 6.67. The second kappa shape index (κ2) is 5.59. The number of hydrogen-bond acceptors (Lipinski definition) is 4. The van der Waals surface area contributed by atoms with Crippen molar-refractivity contribution < 1.29 is 14.8 Å². The number of carbonyl (C=O) groups excluding carboxylic acids is 1. The maximum atomic E-state index is 13.1. The molecule has 0 aliphatic carbocycles. The highest BCUT2D eigenvalue weighted by molar-refractivity contribution is 6.07. The summed E-state index contributed by atoms with van der Waals surface area (Å²) in [7, 11) is 1.76. The fourth-order valence-corrected chi connectivity index (χ4v) is 3.50. The van der Waals surface area contributed by atoms with Gasteiger partial charge < -0.3 is 4.90 Å². The Labute approximate surface area is 151 Å². The standard InChI is InChI=1S/C19H20N6O/c1-11-7-6-9-14(12(11)2)21-18-22-17(20)23-19(24-18)13-8-4-5-10-15(13)25(3)16(19)26/h4-10H,1-3H3,(H4,20,21,22,23,24)/p+2/t19-/m0/s1. The molecule has 6 N–H and O–H groups in total. The van der Waals surface area contributed by atoms with Gasteiger partial charge in [-0.1, -0.05) is 24.3 Å². The summed E-state index contributed by atoms with van der Waals surface area (Å²) in [5.74, 6) is 0.729. The number of likely N-dealkylation sites (N-methyl/N-ethyl adjacent to an activating group) is 1. The molecule has 4 rings (SSSR count). The van der Waals surface area contributed by atoms with Crippen molar-refractivity contribution >= 4 is 29.2 Å². The number of para-hydroxylation sites is 1. The average Bonchev–Trinajstić information content (AvgIpc) is 2.81. The first-order valence-corrected chi connectivity index (χ1v) is 8.46. The van der Waals surface area contributed by atoms with Crippen molar-refractivity contribution in [2.45, 2.75) is 19.5 Å². The molecule has 7 heteroatoms. The van der Waals surface area contributed by atoms with Gasteiger partial charge in [-0.25, -0.2) is 15.3 Å². The molecule has 0 bridgehead atoms. The number of guanidine groups is 2. The van der Waals surface area contributed by atoms with Crippen LogP contribution in [0.25, 0.3) is 0 Å². The molecule has 2 aliphatic rings. The number of nitrogens with one attached hydrogen (secondary N) is 4. The van der Waals surface area contributed by atoms with Crippen LogP contribution in [0.1, 0.15) is 16.7 Å². The molecule has 132 valence electrons. The fraction of sp³-hybridized carbons (Fsp3) is 0.211. The maximum Gasteiger partial charge on any atom is 0.361 e. The Kier molecular flexibility index (Phi) is 3.47. The molecular formula is C19H22N6O+2. The number of amides is 1. The van der Waals surface area contributed by atoms with Gasteiger partial charge in [0.2, 0.25) is 0 Å². The summed E-state index contributed by atoms with van der Waals surface area (Å²) >= 11 is 0. The van der Waals surface area contributed by atoms with Gasteiger partial charge >= 0.3 is 23.5 Å². The second-order valence-corrected chi connectivity index (χ2v) is 6.67. The summed E-state index contributed by atoms with van der Waals surface area (Å²) in [5, 5.41) is 6.36. The Balaban J connectivity index is 1.81. The van der Waals surface area contributed by atoms with Crippen LogP contribution in [0, 0.1) is 13.8 Å². The monoisotopic (exact) mass is 350 g/mol. The van der Waals surface area contributed by atoms with E-state index in [1.54, 1.807) is 11.9 Å². The normalized spacial score (nSPS) is 21.2. The van der Waals surface area contributed by atoms with Crippen molar-refractivity contribution in [1.29, 1.82) is 0 Å². The van der Waals surface area contributed by atoms with Gasteiger partial charge in [0, 0.05) is 7.05 Å². The molecule has 7 nitrogen and oxygen atoms in total. The zero-order valence-electron chi connectivity index (χ0n) is 15.0. The predicted molar refractivity (Wildman–Crippen MR) is 100 cm³/mol. The van der Waals surface area contributed by atoms with Crippen LogP contribution in [0.5, 0.6) is 0 Å². The summed E-state index contributed by atoms with van der Waals surface area (Å²) in [4.78, 5) is 21.1. The van der Waals surface area contributed by atoms with Crippen molar-refractivity contribution in [3.63, 3.8) is 0 Å². The van der Waals surface area contributed by atoms with E-state index in [1.807, 2.05) is 43.3 Å². The van der Waals surface area contributed by atoms with E-state index < -0.39 is 5.66 Å². The number of benzene rings is 2. The highest BCUT2D eigenvalue weighted by Gasteiger charge is 2.55. The average molecular weight is 350 g/mol. The third-order valence-electron chi connectivity index (χ3n) is 5.05. The molecule has 0 unspecified atom stereocenters. The van der Waals surface area contributed by atoms with E-state index in [1.165, 1.54) is 5.56 Å². The fourth-order valence-electron chi connectivity index (χ4n) is 3.50. The van der Waals surface area contributed by atoms with Gasteiger partial charge in [0.05, 0.1) is 11.3 Å². The van der Waals surface area contributed by atoms with Crippen LogP contribution in [-0.2, 0) is 10.5 Å². The van der Waals surface area contributed by atoms with Crippen LogP contribution in [0.4, 0.5) is 11.4 Å². The van der Waals surface area contributed by atoms with Crippen LogP contribution < -0.4 is 31.3 Å². The summed E-state index contributed by atoms with van der Waals surface area (Å²) < 4.78 is 0. The molecule has 2 aromatic rings. The van der Waals surface area contributed by atoms with Crippen molar-refractivity contribution in [3.8, 4) is 0 Å². The Morgan fingerprint density at radius 3 is 2.69 bits per heavy atom. The lowest BCUT2D eigenvalue weighted by molar-refractivity contribution is -0.789. The lowest BCUT2D eigenvalue weighted by Crippen LogP contribution is -3.14. The summed E-state index contributed by atoms with van der Waals surface area (Å²) in [6.45, 7) is 4.11. The lowest BCUT2D eigenvalue weighted by Gasteiger charge is -2.22. The zero-order valence-corrected chi connectivity index (χ0v) is 15.0. The quantitative estimate of drug-likeness (QED) is 0.410. The van der Waals surface area contributed by atoms with Gasteiger partial charge in [-0.05, 0) is 43.2 Å². The van der Waals surface area contributed by atoms with E-state index in [-0.39, 0.29) is 5.91 Å². The summed E-state index contributed by atoms with van der Waals surface area (Å²) in [5.41, 5.74) is 9.88. The smallest absolute Gasteiger partial charge is 0.308 e. The number of anilines is 2. The number of aryl methyl sites for hydroxylation is 1. The SMILES string of the molecule is Cc1cccc(NC2=[NH+][C@]3([NH+]=C(N)N2)C(=O)N(C)c2ccccc23)c1C.